The van der Waals surface area contributed by atoms with E-state index in [-0.39, 0.29) is 0 Å². The van der Waals surface area contributed by atoms with Gasteiger partial charge >= 0.3 is 0 Å². The van der Waals surface area contributed by atoms with Gasteiger partial charge in [-0.1, -0.05) is 38.8 Å². The summed E-state index contributed by atoms with van der Waals surface area (Å²) in [5, 5.41) is 3.55. The summed E-state index contributed by atoms with van der Waals surface area (Å²) in [6, 6.07) is 4.60. The van der Waals surface area contributed by atoms with E-state index in [9.17, 15) is 0 Å². The van der Waals surface area contributed by atoms with Crippen LogP contribution in [-0.2, 0) is 0 Å². The Morgan fingerprint density at radius 3 is 2.60 bits per heavy atom. The third-order valence-electron chi connectivity index (χ3n) is 2.64. The van der Waals surface area contributed by atoms with E-state index in [1.165, 1.54) is 17.7 Å². The summed E-state index contributed by atoms with van der Waals surface area (Å²) in [6.45, 7) is 7.71. The maximum atomic E-state index is 5.98. The van der Waals surface area contributed by atoms with Gasteiger partial charge in [-0.2, -0.15) is 0 Å². The Balaban J connectivity index is 2.72. The third-order valence-corrected chi connectivity index (χ3v) is 3.95. The molecule has 0 aromatic carbocycles. The first kappa shape index (κ1) is 13.0. The first-order valence-corrected chi connectivity index (χ1v) is 6.87. The van der Waals surface area contributed by atoms with E-state index in [1.54, 1.807) is 11.3 Å². The van der Waals surface area contributed by atoms with Crippen LogP contribution in [0, 0.1) is 5.92 Å². The van der Waals surface area contributed by atoms with Gasteiger partial charge in [-0.3, -0.25) is 0 Å². The summed E-state index contributed by atoms with van der Waals surface area (Å²) >= 11 is 7.67. The monoisotopic (exact) mass is 245 g/mol. The molecule has 1 nitrogen and oxygen atoms in total. The maximum absolute atomic E-state index is 5.98. The number of hydrogen-bond acceptors (Lipinski definition) is 2. The second-order valence-electron chi connectivity index (χ2n) is 3.94. The molecule has 0 aliphatic rings. The highest BCUT2D eigenvalue weighted by Crippen LogP contribution is 2.32. The highest BCUT2D eigenvalue weighted by Gasteiger charge is 2.19. The van der Waals surface area contributed by atoms with Gasteiger partial charge in [-0.05, 0) is 31.0 Å². The second-order valence-corrected chi connectivity index (χ2v) is 5.69. The fourth-order valence-electron chi connectivity index (χ4n) is 1.92. The molecule has 15 heavy (non-hydrogen) atoms. The quantitative estimate of drug-likeness (QED) is 0.779. The summed E-state index contributed by atoms with van der Waals surface area (Å²) in [6.07, 6.45) is 2.50. The summed E-state index contributed by atoms with van der Waals surface area (Å²) in [5.41, 5.74) is 0. The van der Waals surface area contributed by atoms with Crippen molar-refractivity contribution < 1.29 is 0 Å². The zero-order valence-corrected chi connectivity index (χ0v) is 11.3. The van der Waals surface area contributed by atoms with Crippen LogP contribution in [0.15, 0.2) is 12.1 Å². The molecule has 0 spiro atoms. The van der Waals surface area contributed by atoms with Crippen LogP contribution >= 0.6 is 22.9 Å². The SMILES string of the molecule is CCCC(C)C(NCC)c1ccc(Cl)s1. The Hall–Kier alpha value is -0.0500. The van der Waals surface area contributed by atoms with Gasteiger partial charge in [0, 0.05) is 10.9 Å². The Morgan fingerprint density at radius 2 is 2.13 bits per heavy atom. The average molecular weight is 246 g/mol. The average Bonchev–Trinajstić information content (AvgIpc) is 2.61. The predicted octanol–water partition coefficient (Wildman–Crippen LogP) is 4.49. The van der Waals surface area contributed by atoms with Crippen LogP contribution in [0.4, 0.5) is 0 Å². The molecule has 0 saturated heterocycles. The molecule has 0 aliphatic carbocycles. The third kappa shape index (κ3) is 3.78. The smallest absolute Gasteiger partial charge is 0.0931 e. The number of nitrogens with one attached hydrogen (secondary N) is 1. The fraction of sp³-hybridized carbons (Fsp3) is 0.667. The molecule has 0 saturated carbocycles. The molecule has 1 rings (SSSR count). The van der Waals surface area contributed by atoms with Gasteiger partial charge in [0.25, 0.3) is 0 Å². The zero-order valence-electron chi connectivity index (χ0n) is 9.72. The lowest BCUT2D eigenvalue weighted by Crippen LogP contribution is -2.25. The normalized spacial score (nSPS) is 15.2. The van der Waals surface area contributed by atoms with Gasteiger partial charge in [-0.15, -0.1) is 11.3 Å². The lowest BCUT2D eigenvalue weighted by molar-refractivity contribution is 0.374. The molecule has 0 amide bonds. The number of halogens is 1. The maximum Gasteiger partial charge on any atom is 0.0931 e. The molecule has 0 radical (unpaired) electrons. The van der Waals surface area contributed by atoms with Crippen molar-refractivity contribution in [2.45, 2.75) is 39.7 Å². The topological polar surface area (TPSA) is 12.0 Å². The minimum atomic E-state index is 0.465. The van der Waals surface area contributed by atoms with Crippen LogP contribution in [0.3, 0.4) is 0 Å². The van der Waals surface area contributed by atoms with Crippen molar-refractivity contribution in [1.29, 1.82) is 0 Å². The molecule has 0 fully saturated rings. The molecule has 1 aromatic rings. The molecule has 86 valence electrons. The predicted molar refractivity (Wildman–Crippen MR) is 69.8 cm³/mol. The van der Waals surface area contributed by atoms with Crippen molar-refractivity contribution >= 4 is 22.9 Å². The van der Waals surface area contributed by atoms with Gasteiger partial charge in [0.15, 0.2) is 0 Å². The van der Waals surface area contributed by atoms with Crippen LogP contribution < -0.4 is 5.32 Å². The lowest BCUT2D eigenvalue weighted by atomic mass is 9.95. The first-order chi connectivity index (χ1) is 7.19. The standard InChI is InChI=1S/C12H20ClNS/c1-4-6-9(3)12(14-5-2)10-7-8-11(13)15-10/h7-9,12,14H,4-6H2,1-3H3. The molecular formula is C12H20ClNS. The molecule has 0 bridgehead atoms. The fourth-order valence-corrected chi connectivity index (χ4v) is 3.19. The van der Waals surface area contributed by atoms with Gasteiger partial charge in [0.1, 0.15) is 0 Å². The largest absolute Gasteiger partial charge is 0.309 e. The van der Waals surface area contributed by atoms with E-state index in [0.29, 0.717) is 12.0 Å². The van der Waals surface area contributed by atoms with Crippen LogP contribution in [-0.4, -0.2) is 6.54 Å². The summed E-state index contributed by atoms with van der Waals surface area (Å²) < 4.78 is 0.886. The molecule has 1 heterocycles. The molecule has 2 unspecified atom stereocenters. The number of rotatable bonds is 6. The van der Waals surface area contributed by atoms with Crippen molar-refractivity contribution in [2.24, 2.45) is 5.92 Å². The molecule has 1 N–H and O–H groups in total. The van der Waals surface area contributed by atoms with Crippen molar-refractivity contribution in [3.63, 3.8) is 0 Å². The lowest BCUT2D eigenvalue weighted by Gasteiger charge is -2.23. The van der Waals surface area contributed by atoms with Crippen molar-refractivity contribution in [1.82, 2.24) is 5.32 Å². The van der Waals surface area contributed by atoms with Gasteiger partial charge < -0.3 is 5.32 Å². The summed E-state index contributed by atoms with van der Waals surface area (Å²) in [5.74, 6) is 0.671. The van der Waals surface area contributed by atoms with Gasteiger partial charge in [0.05, 0.1) is 4.34 Å². The molecule has 0 aliphatic heterocycles. The van der Waals surface area contributed by atoms with E-state index in [0.717, 1.165) is 10.9 Å². The Kier molecular flexibility index (Phi) is 5.65. The summed E-state index contributed by atoms with van der Waals surface area (Å²) in [7, 11) is 0. The van der Waals surface area contributed by atoms with E-state index < -0.39 is 0 Å². The van der Waals surface area contributed by atoms with Gasteiger partial charge in [-0.25, -0.2) is 0 Å². The first-order valence-electron chi connectivity index (χ1n) is 5.67. The Labute approximate surface area is 102 Å². The van der Waals surface area contributed by atoms with Crippen molar-refractivity contribution in [3.05, 3.63) is 21.3 Å². The van der Waals surface area contributed by atoms with Crippen LogP contribution in [0.25, 0.3) is 0 Å². The van der Waals surface area contributed by atoms with E-state index in [2.05, 4.69) is 32.2 Å². The minimum Gasteiger partial charge on any atom is -0.309 e. The molecule has 1 aromatic heterocycles. The van der Waals surface area contributed by atoms with Crippen LogP contribution in [0.5, 0.6) is 0 Å². The number of thiophene rings is 1. The van der Waals surface area contributed by atoms with E-state index in [4.69, 9.17) is 11.6 Å². The highest BCUT2D eigenvalue weighted by atomic mass is 35.5. The zero-order chi connectivity index (χ0) is 11.3. The van der Waals surface area contributed by atoms with Crippen molar-refractivity contribution in [3.8, 4) is 0 Å². The molecular weight excluding hydrogens is 226 g/mol. The summed E-state index contributed by atoms with van der Waals surface area (Å²) in [4.78, 5) is 1.36. The molecule has 3 heteroatoms. The Morgan fingerprint density at radius 1 is 1.40 bits per heavy atom. The number of hydrogen-bond donors (Lipinski definition) is 1. The highest BCUT2D eigenvalue weighted by molar-refractivity contribution is 7.16. The van der Waals surface area contributed by atoms with Crippen LogP contribution in [0.1, 0.15) is 44.5 Å². The minimum absolute atomic E-state index is 0.465. The van der Waals surface area contributed by atoms with Gasteiger partial charge in [0.2, 0.25) is 0 Å². The Bertz CT molecular complexity index is 285. The van der Waals surface area contributed by atoms with Crippen LogP contribution in [0.2, 0.25) is 4.34 Å². The van der Waals surface area contributed by atoms with E-state index >= 15 is 0 Å². The molecule has 2 atom stereocenters. The second kappa shape index (κ2) is 6.51. The van der Waals surface area contributed by atoms with E-state index in [1.807, 2.05) is 6.07 Å². The van der Waals surface area contributed by atoms with Crippen molar-refractivity contribution in [2.75, 3.05) is 6.54 Å².